The van der Waals surface area contributed by atoms with E-state index in [-0.39, 0.29) is 0 Å². The average molecular weight is 919 g/mol. The molecule has 0 fully saturated rings. The Kier molecular flexibility index (Phi) is 12.1. The molecule has 0 atom stereocenters. The van der Waals surface area contributed by atoms with E-state index in [2.05, 4.69) is 313 Å². The third-order valence-corrected chi connectivity index (χ3v) is 13.6. The maximum Gasteiger partial charge on any atom is 0.0462 e. The van der Waals surface area contributed by atoms with Gasteiger partial charge in [0.25, 0.3) is 0 Å². The molecule has 12 aromatic carbocycles. The van der Waals surface area contributed by atoms with E-state index in [4.69, 9.17) is 0 Å². The molecule has 0 aromatic heterocycles. The normalized spacial score (nSPS) is 11.8. The molecule has 0 N–H and O–H groups in total. The fraction of sp³-hybridized carbons (Fsp3) is 0. The molecule has 0 aliphatic heterocycles. The van der Waals surface area contributed by atoms with E-state index < -0.39 is 0 Å². The van der Waals surface area contributed by atoms with E-state index in [1.807, 2.05) is 0 Å². The molecule has 0 saturated carbocycles. The highest BCUT2D eigenvalue weighted by Gasteiger charge is 2.19. The fourth-order valence-electron chi connectivity index (χ4n) is 10.3. The molecular weight excluding hydrogens is 869 g/mol. The van der Waals surface area contributed by atoms with Gasteiger partial charge >= 0.3 is 0 Å². The first-order chi connectivity index (χ1) is 35.7. The summed E-state index contributed by atoms with van der Waals surface area (Å²) in [5.74, 6) is 0. The Labute approximate surface area is 422 Å². The van der Waals surface area contributed by atoms with Crippen LogP contribution in [0.5, 0.6) is 0 Å². The van der Waals surface area contributed by atoms with E-state index >= 15 is 0 Å². The third kappa shape index (κ3) is 8.75. The van der Waals surface area contributed by atoms with Crippen LogP contribution in [-0.2, 0) is 0 Å². The predicted octanol–water partition coefficient (Wildman–Crippen LogP) is 19.3. The Morgan fingerprint density at radius 3 is 0.806 bits per heavy atom. The number of hydrogen-bond acceptors (Lipinski definition) is 2. The van der Waals surface area contributed by atoms with Crippen LogP contribution in [0.3, 0.4) is 0 Å². The molecule has 340 valence electrons. The Hall–Kier alpha value is -9.50. The summed E-state index contributed by atoms with van der Waals surface area (Å²) >= 11 is 0. The second-order valence-corrected chi connectivity index (χ2v) is 18.1. The predicted molar refractivity (Wildman–Crippen MR) is 308 cm³/mol. The molecule has 0 amide bonds. The number of fused-ring (bicyclic) bond motifs is 5. The lowest BCUT2D eigenvalue weighted by atomic mass is 9.86. The van der Waals surface area contributed by atoms with Crippen LogP contribution in [0, 0.1) is 0 Å². The zero-order valence-corrected chi connectivity index (χ0v) is 39.8. The van der Waals surface area contributed by atoms with Gasteiger partial charge in [0.05, 0.1) is 0 Å². The Balaban J connectivity index is 1.05. The zero-order valence-electron chi connectivity index (χ0n) is 39.8. The van der Waals surface area contributed by atoms with Crippen molar-refractivity contribution >= 4 is 89.7 Å². The zero-order chi connectivity index (χ0) is 48.1. The Morgan fingerprint density at radius 1 is 0.236 bits per heavy atom. The smallest absolute Gasteiger partial charge is 0.0462 e. The Bertz CT molecular complexity index is 3510. The molecule has 0 spiro atoms. The summed E-state index contributed by atoms with van der Waals surface area (Å²) in [5.41, 5.74) is 15.9. The summed E-state index contributed by atoms with van der Waals surface area (Å²) in [6, 6.07) is 105. The van der Waals surface area contributed by atoms with Crippen molar-refractivity contribution in [2.24, 2.45) is 0 Å². The van der Waals surface area contributed by atoms with Gasteiger partial charge in [-0.3, -0.25) is 0 Å². The van der Waals surface area contributed by atoms with Crippen LogP contribution >= 0.6 is 0 Å². The van der Waals surface area contributed by atoms with E-state index in [1.165, 1.54) is 43.4 Å². The highest BCUT2D eigenvalue weighted by molar-refractivity contribution is 6.24. The maximum atomic E-state index is 2.42. The molecule has 0 aliphatic carbocycles. The summed E-state index contributed by atoms with van der Waals surface area (Å²) in [6.45, 7) is 0. The Morgan fingerprint density at radius 2 is 0.486 bits per heavy atom. The topological polar surface area (TPSA) is 6.48 Å². The van der Waals surface area contributed by atoms with Gasteiger partial charge in [-0.15, -0.1) is 0 Å². The van der Waals surface area contributed by atoms with Crippen molar-refractivity contribution in [3.8, 4) is 0 Å². The van der Waals surface area contributed by atoms with E-state index in [0.717, 1.165) is 67.5 Å². The number of hydrogen-bond donors (Lipinski definition) is 0. The van der Waals surface area contributed by atoms with Crippen molar-refractivity contribution in [1.29, 1.82) is 0 Å². The van der Waals surface area contributed by atoms with Gasteiger partial charge in [-0.25, -0.2) is 0 Å². The van der Waals surface area contributed by atoms with E-state index in [9.17, 15) is 0 Å². The SMILES string of the molecule is C(=C(c1ccccc1)c1ccc(N(c2ccccc2)c2ccccc2)cc1)c1cc2ccccc2c2c(C=C(c3ccccc3)c3ccc(N(c4ccccc4)c4ccccc4)cc3)cc3ccccc3c12. The molecule has 0 unspecified atom stereocenters. The lowest BCUT2D eigenvalue weighted by Gasteiger charge is -2.25. The molecule has 0 bridgehead atoms. The number of nitrogens with zero attached hydrogens (tertiary/aromatic N) is 2. The van der Waals surface area contributed by atoms with Crippen LogP contribution in [0.25, 0.3) is 55.6 Å². The number of benzene rings is 12. The standard InChI is InChI=1S/C70H50N2/c1-7-23-51(24-8-1)67(53-39-43-63(44-40-53)71(59-29-11-3-12-30-59)60-31-13-4-14-32-60)49-57-47-55-27-19-22-38-66(55)70-58(48-56-28-20-21-37-65(56)69(57)70)50-68(52-25-9-2-10-26-52)54-41-45-64(46-42-54)72(61-33-15-5-16-34-61)62-35-17-6-18-36-62/h1-50H. The first-order valence-electron chi connectivity index (χ1n) is 24.7. The lowest BCUT2D eigenvalue weighted by molar-refractivity contribution is 1.28. The van der Waals surface area contributed by atoms with Gasteiger partial charge < -0.3 is 9.80 Å². The van der Waals surface area contributed by atoms with Crippen molar-refractivity contribution in [2.75, 3.05) is 9.80 Å². The minimum Gasteiger partial charge on any atom is -0.311 e. The molecule has 0 aliphatic rings. The van der Waals surface area contributed by atoms with Crippen LogP contribution in [-0.4, -0.2) is 0 Å². The van der Waals surface area contributed by atoms with Crippen molar-refractivity contribution < 1.29 is 0 Å². The minimum atomic E-state index is 1.09. The maximum absolute atomic E-state index is 2.42. The minimum absolute atomic E-state index is 1.09. The molecule has 0 saturated heterocycles. The van der Waals surface area contributed by atoms with Gasteiger partial charge in [0.2, 0.25) is 0 Å². The number of anilines is 6. The highest BCUT2D eigenvalue weighted by Crippen LogP contribution is 2.43. The molecular formula is C70H50N2. The second-order valence-electron chi connectivity index (χ2n) is 18.1. The van der Waals surface area contributed by atoms with Crippen molar-refractivity contribution in [2.45, 2.75) is 0 Å². The highest BCUT2D eigenvalue weighted by atomic mass is 15.1. The molecule has 72 heavy (non-hydrogen) atoms. The molecule has 2 nitrogen and oxygen atoms in total. The fourth-order valence-corrected chi connectivity index (χ4v) is 10.3. The van der Waals surface area contributed by atoms with Crippen LogP contribution < -0.4 is 9.80 Å². The largest absolute Gasteiger partial charge is 0.311 e. The van der Waals surface area contributed by atoms with Gasteiger partial charge in [0, 0.05) is 34.1 Å². The summed E-state index contributed by atoms with van der Waals surface area (Å²) in [4.78, 5) is 4.63. The van der Waals surface area contributed by atoms with E-state index in [0.29, 0.717) is 0 Å². The van der Waals surface area contributed by atoms with E-state index in [1.54, 1.807) is 0 Å². The number of rotatable bonds is 12. The number of para-hydroxylation sites is 4. The van der Waals surface area contributed by atoms with Crippen LogP contribution in [0.1, 0.15) is 33.4 Å². The first-order valence-corrected chi connectivity index (χ1v) is 24.7. The average Bonchev–Trinajstić information content (AvgIpc) is 3.46. The van der Waals surface area contributed by atoms with Crippen LogP contribution in [0.4, 0.5) is 34.1 Å². The lowest BCUT2D eigenvalue weighted by Crippen LogP contribution is -2.09. The van der Waals surface area contributed by atoms with Crippen molar-refractivity contribution in [3.63, 3.8) is 0 Å². The summed E-state index contributed by atoms with van der Waals surface area (Å²) in [7, 11) is 0. The third-order valence-electron chi connectivity index (χ3n) is 13.6. The van der Waals surface area contributed by atoms with Gasteiger partial charge in [0.15, 0.2) is 0 Å². The second kappa shape index (κ2) is 19.8. The van der Waals surface area contributed by atoms with Gasteiger partial charge in [-0.05, 0) is 174 Å². The van der Waals surface area contributed by atoms with Crippen molar-refractivity contribution in [3.05, 3.63) is 325 Å². The molecule has 12 aromatic rings. The quantitative estimate of drug-likeness (QED) is 0.0890. The van der Waals surface area contributed by atoms with Gasteiger partial charge in [-0.2, -0.15) is 0 Å². The summed E-state index contributed by atoms with van der Waals surface area (Å²) in [5, 5.41) is 7.28. The molecule has 0 heterocycles. The summed E-state index contributed by atoms with van der Waals surface area (Å²) in [6.07, 6.45) is 4.85. The first kappa shape index (κ1) is 43.8. The van der Waals surface area contributed by atoms with Crippen molar-refractivity contribution in [1.82, 2.24) is 0 Å². The monoisotopic (exact) mass is 918 g/mol. The van der Waals surface area contributed by atoms with Gasteiger partial charge in [-0.1, -0.05) is 206 Å². The molecule has 0 radical (unpaired) electrons. The van der Waals surface area contributed by atoms with Gasteiger partial charge in [0.1, 0.15) is 0 Å². The molecule has 2 heteroatoms. The van der Waals surface area contributed by atoms with Crippen LogP contribution in [0.15, 0.2) is 291 Å². The molecule has 12 rings (SSSR count). The summed E-state index contributed by atoms with van der Waals surface area (Å²) < 4.78 is 0. The van der Waals surface area contributed by atoms with Crippen LogP contribution in [0.2, 0.25) is 0 Å².